The molecule has 0 bridgehead atoms. The maximum absolute atomic E-state index is 12.5. The first-order valence-corrected chi connectivity index (χ1v) is 9.21. The van der Waals surface area contributed by atoms with Crippen LogP contribution in [0.2, 0.25) is 0 Å². The van der Waals surface area contributed by atoms with Crippen LogP contribution in [0.15, 0.2) is 48.5 Å². The molecule has 2 rings (SSSR count). The summed E-state index contributed by atoms with van der Waals surface area (Å²) in [6.07, 6.45) is 0. The van der Waals surface area contributed by atoms with Crippen LogP contribution in [0.1, 0.15) is 36.6 Å². The maximum Gasteiger partial charge on any atom is 0.238 e. The van der Waals surface area contributed by atoms with E-state index >= 15 is 0 Å². The lowest BCUT2D eigenvalue weighted by Crippen LogP contribution is -2.46. The molecule has 2 amide bonds. The molecule has 2 aromatic rings. The third kappa shape index (κ3) is 5.66. The van der Waals surface area contributed by atoms with Crippen molar-refractivity contribution < 1.29 is 9.59 Å². The summed E-state index contributed by atoms with van der Waals surface area (Å²) in [5.41, 5.74) is 3.93. The van der Waals surface area contributed by atoms with E-state index in [1.54, 1.807) is 18.9 Å². The van der Waals surface area contributed by atoms with E-state index in [2.05, 4.69) is 10.6 Å². The SMILES string of the molecule is Cc1cccc(C)c1NC(=O)CN(C)[C@H](C)C(=O)N[C@@H](C)c1ccccc1. The average Bonchev–Trinajstić information content (AvgIpc) is 2.64. The van der Waals surface area contributed by atoms with E-state index < -0.39 is 6.04 Å². The van der Waals surface area contributed by atoms with Gasteiger partial charge in [-0.2, -0.15) is 0 Å². The number of rotatable bonds is 7. The Morgan fingerprint density at radius 2 is 1.56 bits per heavy atom. The molecule has 2 atom stereocenters. The minimum Gasteiger partial charge on any atom is -0.348 e. The molecule has 0 heterocycles. The van der Waals surface area contributed by atoms with Crippen LogP contribution < -0.4 is 10.6 Å². The number of benzene rings is 2. The molecular formula is C22H29N3O2. The summed E-state index contributed by atoms with van der Waals surface area (Å²) >= 11 is 0. The number of hydrogen-bond donors (Lipinski definition) is 2. The average molecular weight is 367 g/mol. The highest BCUT2D eigenvalue weighted by Crippen LogP contribution is 2.19. The fraction of sp³-hybridized carbons (Fsp3) is 0.364. The van der Waals surface area contributed by atoms with Gasteiger partial charge in [-0.05, 0) is 51.4 Å². The van der Waals surface area contributed by atoms with Crippen molar-refractivity contribution in [3.8, 4) is 0 Å². The Bertz CT molecular complexity index is 769. The Balaban J connectivity index is 1.91. The summed E-state index contributed by atoms with van der Waals surface area (Å²) in [7, 11) is 1.78. The molecule has 0 unspecified atom stereocenters. The quantitative estimate of drug-likeness (QED) is 0.788. The number of para-hydroxylation sites is 1. The summed E-state index contributed by atoms with van der Waals surface area (Å²) in [5.74, 6) is -0.237. The molecule has 5 heteroatoms. The van der Waals surface area contributed by atoms with Gasteiger partial charge in [0.05, 0.1) is 18.6 Å². The second-order valence-corrected chi connectivity index (χ2v) is 7.05. The topological polar surface area (TPSA) is 61.4 Å². The van der Waals surface area contributed by atoms with Gasteiger partial charge in [0.2, 0.25) is 11.8 Å². The van der Waals surface area contributed by atoms with Crippen molar-refractivity contribution in [2.75, 3.05) is 18.9 Å². The van der Waals surface area contributed by atoms with Crippen molar-refractivity contribution in [1.29, 1.82) is 0 Å². The Morgan fingerprint density at radius 1 is 0.963 bits per heavy atom. The van der Waals surface area contributed by atoms with Gasteiger partial charge in [-0.3, -0.25) is 14.5 Å². The lowest BCUT2D eigenvalue weighted by molar-refractivity contribution is -0.127. The molecule has 2 aromatic carbocycles. The van der Waals surface area contributed by atoms with E-state index in [1.807, 2.05) is 69.3 Å². The van der Waals surface area contributed by atoms with Crippen LogP contribution in [-0.4, -0.2) is 36.3 Å². The highest BCUT2D eigenvalue weighted by molar-refractivity contribution is 5.94. The number of amides is 2. The largest absolute Gasteiger partial charge is 0.348 e. The van der Waals surface area contributed by atoms with E-state index in [0.717, 1.165) is 22.4 Å². The van der Waals surface area contributed by atoms with E-state index in [1.165, 1.54) is 0 Å². The molecule has 0 saturated carbocycles. The van der Waals surface area contributed by atoms with Gasteiger partial charge in [-0.1, -0.05) is 48.5 Å². The minimum absolute atomic E-state index is 0.0852. The highest BCUT2D eigenvalue weighted by Gasteiger charge is 2.22. The third-order valence-electron chi connectivity index (χ3n) is 4.84. The molecular weight excluding hydrogens is 338 g/mol. The highest BCUT2D eigenvalue weighted by atomic mass is 16.2. The van der Waals surface area contributed by atoms with Crippen LogP contribution in [0.4, 0.5) is 5.69 Å². The third-order valence-corrected chi connectivity index (χ3v) is 4.84. The second kappa shape index (κ2) is 9.33. The molecule has 27 heavy (non-hydrogen) atoms. The van der Waals surface area contributed by atoms with Crippen LogP contribution in [0.25, 0.3) is 0 Å². The smallest absolute Gasteiger partial charge is 0.238 e. The lowest BCUT2D eigenvalue weighted by Gasteiger charge is -2.25. The summed E-state index contributed by atoms with van der Waals surface area (Å²) in [4.78, 5) is 26.7. The molecule has 144 valence electrons. The van der Waals surface area contributed by atoms with Crippen LogP contribution >= 0.6 is 0 Å². The van der Waals surface area contributed by atoms with Crippen LogP contribution in [0.5, 0.6) is 0 Å². The van der Waals surface area contributed by atoms with Gasteiger partial charge in [-0.15, -0.1) is 0 Å². The Kier molecular flexibility index (Phi) is 7.13. The van der Waals surface area contributed by atoms with E-state index in [4.69, 9.17) is 0 Å². The van der Waals surface area contributed by atoms with E-state index in [0.29, 0.717) is 0 Å². The minimum atomic E-state index is -0.417. The number of nitrogens with one attached hydrogen (secondary N) is 2. The number of carbonyl (C=O) groups is 2. The van der Waals surface area contributed by atoms with Gasteiger partial charge < -0.3 is 10.6 Å². The molecule has 0 radical (unpaired) electrons. The van der Waals surface area contributed by atoms with Gasteiger partial charge in [0, 0.05) is 5.69 Å². The zero-order valence-electron chi connectivity index (χ0n) is 16.7. The summed E-state index contributed by atoms with van der Waals surface area (Å²) in [5, 5.41) is 5.96. The van der Waals surface area contributed by atoms with Gasteiger partial charge in [0.1, 0.15) is 0 Å². The number of hydrogen-bond acceptors (Lipinski definition) is 3. The predicted molar refractivity (Wildman–Crippen MR) is 110 cm³/mol. The van der Waals surface area contributed by atoms with Crippen molar-refractivity contribution in [3.05, 3.63) is 65.2 Å². The molecule has 2 N–H and O–H groups in total. The van der Waals surface area contributed by atoms with E-state index in [9.17, 15) is 9.59 Å². The summed E-state index contributed by atoms with van der Waals surface area (Å²) < 4.78 is 0. The summed E-state index contributed by atoms with van der Waals surface area (Å²) in [6, 6.07) is 15.2. The zero-order chi connectivity index (χ0) is 20.0. The monoisotopic (exact) mass is 367 g/mol. The van der Waals surface area contributed by atoms with Gasteiger partial charge >= 0.3 is 0 Å². The van der Waals surface area contributed by atoms with Crippen LogP contribution in [0, 0.1) is 13.8 Å². The van der Waals surface area contributed by atoms with Gasteiger partial charge in [0.25, 0.3) is 0 Å². The predicted octanol–water partition coefficient (Wildman–Crippen LogP) is 3.44. The van der Waals surface area contributed by atoms with Crippen LogP contribution in [0.3, 0.4) is 0 Å². The fourth-order valence-electron chi connectivity index (χ4n) is 2.91. The Hall–Kier alpha value is -2.66. The van der Waals surface area contributed by atoms with Gasteiger partial charge in [0.15, 0.2) is 0 Å². The molecule has 0 aliphatic rings. The van der Waals surface area contributed by atoms with Crippen molar-refractivity contribution in [2.45, 2.75) is 39.8 Å². The lowest BCUT2D eigenvalue weighted by atomic mass is 10.1. The molecule has 0 aromatic heterocycles. The zero-order valence-corrected chi connectivity index (χ0v) is 16.7. The first-order chi connectivity index (χ1) is 12.8. The first-order valence-electron chi connectivity index (χ1n) is 9.21. The normalized spacial score (nSPS) is 13.1. The number of aryl methyl sites for hydroxylation is 2. The molecule has 0 spiro atoms. The molecule has 0 aliphatic heterocycles. The Morgan fingerprint density at radius 3 is 2.15 bits per heavy atom. The maximum atomic E-state index is 12.5. The molecule has 0 fully saturated rings. The Labute approximate surface area is 161 Å². The van der Waals surface area contributed by atoms with Crippen molar-refractivity contribution >= 4 is 17.5 Å². The first kappa shape index (κ1) is 20.6. The standard InChI is InChI=1S/C22H29N3O2/c1-15-10-9-11-16(2)21(15)24-20(26)14-25(5)18(4)22(27)23-17(3)19-12-7-6-8-13-19/h6-13,17-18H,14H2,1-5H3,(H,23,27)(H,24,26)/t17-,18+/m0/s1. The van der Waals surface area contributed by atoms with E-state index in [-0.39, 0.29) is 24.4 Å². The van der Waals surface area contributed by atoms with Crippen molar-refractivity contribution in [1.82, 2.24) is 10.2 Å². The molecule has 5 nitrogen and oxygen atoms in total. The fourth-order valence-corrected chi connectivity index (χ4v) is 2.91. The molecule has 0 aliphatic carbocycles. The number of nitrogens with zero attached hydrogens (tertiary/aromatic N) is 1. The van der Waals surface area contributed by atoms with Crippen molar-refractivity contribution in [2.24, 2.45) is 0 Å². The molecule has 0 saturated heterocycles. The summed E-state index contributed by atoms with van der Waals surface area (Å²) in [6.45, 7) is 7.83. The second-order valence-electron chi connectivity index (χ2n) is 7.05. The van der Waals surface area contributed by atoms with Gasteiger partial charge in [-0.25, -0.2) is 0 Å². The number of carbonyl (C=O) groups excluding carboxylic acids is 2. The van der Waals surface area contributed by atoms with Crippen LogP contribution in [-0.2, 0) is 9.59 Å². The van der Waals surface area contributed by atoms with Crippen molar-refractivity contribution in [3.63, 3.8) is 0 Å². The number of anilines is 1. The number of likely N-dealkylation sites (N-methyl/N-ethyl adjacent to an activating group) is 1.